The van der Waals surface area contributed by atoms with Crippen LogP contribution in [0, 0.1) is 0 Å². The standard InChI is InChI=1S/C12H14BrN5/c13-11-6-16-18(8-11)12-2-4-17(9-12)7-10-1-3-14-15-5-10/h1,3,5-6,8,12H,2,4,7,9H2. The molecule has 6 heteroatoms. The van der Waals surface area contributed by atoms with Crippen LogP contribution in [0.2, 0.25) is 0 Å². The first-order chi connectivity index (χ1) is 8.81. The van der Waals surface area contributed by atoms with Gasteiger partial charge in [0.05, 0.1) is 22.9 Å². The Labute approximate surface area is 114 Å². The summed E-state index contributed by atoms with van der Waals surface area (Å²) in [6.45, 7) is 3.08. The Hall–Kier alpha value is -1.27. The Balaban J connectivity index is 1.62. The van der Waals surface area contributed by atoms with Crippen molar-refractivity contribution in [3.63, 3.8) is 0 Å². The summed E-state index contributed by atoms with van der Waals surface area (Å²) in [5.41, 5.74) is 1.22. The van der Waals surface area contributed by atoms with Gasteiger partial charge in [0.15, 0.2) is 0 Å². The maximum Gasteiger partial charge on any atom is 0.0658 e. The summed E-state index contributed by atoms with van der Waals surface area (Å²) >= 11 is 3.44. The van der Waals surface area contributed by atoms with Crippen LogP contribution in [0.4, 0.5) is 0 Å². The maximum atomic E-state index is 4.36. The van der Waals surface area contributed by atoms with E-state index in [1.807, 2.05) is 24.7 Å². The van der Waals surface area contributed by atoms with Gasteiger partial charge in [-0.25, -0.2) is 0 Å². The molecule has 1 unspecified atom stereocenters. The lowest BCUT2D eigenvalue weighted by molar-refractivity contribution is 0.311. The first kappa shape index (κ1) is 11.8. The van der Waals surface area contributed by atoms with E-state index in [1.54, 1.807) is 6.20 Å². The first-order valence-corrected chi connectivity index (χ1v) is 6.78. The van der Waals surface area contributed by atoms with Crippen LogP contribution in [0.5, 0.6) is 0 Å². The number of likely N-dealkylation sites (tertiary alicyclic amines) is 1. The van der Waals surface area contributed by atoms with Crippen LogP contribution >= 0.6 is 15.9 Å². The average Bonchev–Trinajstić information content (AvgIpc) is 2.99. The molecule has 2 aromatic heterocycles. The molecule has 1 fully saturated rings. The molecule has 1 aliphatic heterocycles. The number of halogens is 1. The third kappa shape index (κ3) is 2.59. The van der Waals surface area contributed by atoms with Gasteiger partial charge < -0.3 is 0 Å². The van der Waals surface area contributed by atoms with Crippen molar-refractivity contribution in [1.82, 2.24) is 24.9 Å². The van der Waals surface area contributed by atoms with Gasteiger partial charge in [0.25, 0.3) is 0 Å². The highest BCUT2D eigenvalue weighted by molar-refractivity contribution is 9.10. The number of rotatable bonds is 3. The second-order valence-electron chi connectivity index (χ2n) is 4.57. The Kier molecular flexibility index (Phi) is 3.38. The van der Waals surface area contributed by atoms with Crippen LogP contribution in [0.25, 0.3) is 0 Å². The number of hydrogen-bond donors (Lipinski definition) is 0. The number of hydrogen-bond acceptors (Lipinski definition) is 4. The van der Waals surface area contributed by atoms with Gasteiger partial charge in [-0.2, -0.15) is 15.3 Å². The van der Waals surface area contributed by atoms with Crippen molar-refractivity contribution in [2.45, 2.75) is 19.0 Å². The van der Waals surface area contributed by atoms with Gasteiger partial charge in [-0.1, -0.05) is 0 Å². The van der Waals surface area contributed by atoms with E-state index in [2.05, 4.69) is 40.8 Å². The predicted octanol–water partition coefficient (Wildman–Crippen LogP) is 1.88. The molecule has 0 amide bonds. The van der Waals surface area contributed by atoms with E-state index in [0.717, 1.165) is 30.5 Å². The van der Waals surface area contributed by atoms with Crippen LogP contribution in [-0.2, 0) is 6.54 Å². The summed E-state index contributed by atoms with van der Waals surface area (Å²) in [4.78, 5) is 2.43. The van der Waals surface area contributed by atoms with E-state index in [1.165, 1.54) is 5.56 Å². The fourth-order valence-electron chi connectivity index (χ4n) is 2.36. The molecule has 0 saturated carbocycles. The molecule has 1 atom stereocenters. The van der Waals surface area contributed by atoms with Crippen LogP contribution in [0.1, 0.15) is 18.0 Å². The van der Waals surface area contributed by atoms with Crippen molar-refractivity contribution in [3.05, 3.63) is 40.9 Å². The summed E-state index contributed by atoms with van der Waals surface area (Å²) < 4.78 is 3.09. The van der Waals surface area contributed by atoms with Crippen molar-refractivity contribution in [2.75, 3.05) is 13.1 Å². The molecule has 3 heterocycles. The lowest BCUT2D eigenvalue weighted by Crippen LogP contribution is -2.21. The summed E-state index contributed by atoms with van der Waals surface area (Å²) in [5.74, 6) is 0. The van der Waals surface area contributed by atoms with Crippen LogP contribution in [0.3, 0.4) is 0 Å². The van der Waals surface area contributed by atoms with Crippen molar-refractivity contribution in [1.29, 1.82) is 0 Å². The Bertz CT molecular complexity index is 512. The monoisotopic (exact) mass is 307 g/mol. The summed E-state index contributed by atoms with van der Waals surface area (Å²) in [5, 5.41) is 12.1. The molecule has 5 nitrogen and oxygen atoms in total. The average molecular weight is 308 g/mol. The van der Waals surface area contributed by atoms with Gasteiger partial charge >= 0.3 is 0 Å². The molecule has 0 bridgehead atoms. The van der Waals surface area contributed by atoms with Crippen LogP contribution in [0.15, 0.2) is 35.3 Å². The van der Waals surface area contributed by atoms with Crippen molar-refractivity contribution >= 4 is 15.9 Å². The van der Waals surface area contributed by atoms with Crippen LogP contribution < -0.4 is 0 Å². The maximum absolute atomic E-state index is 4.36. The predicted molar refractivity (Wildman–Crippen MR) is 70.9 cm³/mol. The van der Waals surface area contributed by atoms with E-state index < -0.39 is 0 Å². The molecule has 1 aliphatic rings. The second-order valence-corrected chi connectivity index (χ2v) is 5.48. The van der Waals surface area contributed by atoms with Crippen LogP contribution in [-0.4, -0.2) is 38.0 Å². The molecule has 0 N–H and O–H groups in total. The lowest BCUT2D eigenvalue weighted by atomic mass is 10.3. The van der Waals surface area contributed by atoms with Crippen molar-refractivity contribution in [3.8, 4) is 0 Å². The Morgan fingerprint density at radius 3 is 3.00 bits per heavy atom. The molecule has 0 radical (unpaired) electrons. The Morgan fingerprint density at radius 1 is 1.33 bits per heavy atom. The minimum Gasteiger partial charge on any atom is -0.297 e. The van der Waals surface area contributed by atoms with E-state index in [4.69, 9.17) is 0 Å². The van der Waals surface area contributed by atoms with Gasteiger partial charge in [0, 0.05) is 32.0 Å². The zero-order valence-corrected chi connectivity index (χ0v) is 11.5. The van der Waals surface area contributed by atoms with E-state index in [9.17, 15) is 0 Å². The molecule has 0 spiro atoms. The minimum absolute atomic E-state index is 0.478. The van der Waals surface area contributed by atoms with E-state index in [0.29, 0.717) is 6.04 Å². The molecule has 94 valence electrons. The normalized spacial score (nSPS) is 20.4. The summed E-state index contributed by atoms with van der Waals surface area (Å²) in [7, 11) is 0. The van der Waals surface area contributed by atoms with Crippen molar-refractivity contribution < 1.29 is 0 Å². The number of nitrogens with zero attached hydrogens (tertiary/aromatic N) is 5. The zero-order valence-electron chi connectivity index (χ0n) is 9.91. The van der Waals surface area contributed by atoms with Gasteiger partial charge in [-0.05, 0) is 34.0 Å². The molecule has 0 aliphatic carbocycles. The third-order valence-corrected chi connectivity index (χ3v) is 3.65. The van der Waals surface area contributed by atoms with Crippen molar-refractivity contribution in [2.24, 2.45) is 0 Å². The fourth-order valence-corrected chi connectivity index (χ4v) is 2.66. The second kappa shape index (κ2) is 5.16. The third-order valence-electron chi connectivity index (χ3n) is 3.24. The van der Waals surface area contributed by atoms with Gasteiger partial charge in [0.2, 0.25) is 0 Å². The van der Waals surface area contributed by atoms with Gasteiger partial charge in [-0.3, -0.25) is 9.58 Å². The molecule has 3 rings (SSSR count). The van der Waals surface area contributed by atoms with E-state index in [-0.39, 0.29) is 0 Å². The molecule has 0 aromatic carbocycles. The van der Waals surface area contributed by atoms with Gasteiger partial charge in [-0.15, -0.1) is 0 Å². The first-order valence-electron chi connectivity index (χ1n) is 5.99. The minimum atomic E-state index is 0.478. The lowest BCUT2D eigenvalue weighted by Gasteiger charge is -2.15. The highest BCUT2D eigenvalue weighted by Gasteiger charge is 2.24. The quantitative estimate of drug-likeness (QED) is 0.868. The largest absolute Gasteiger partial charge is 0.297 e. The molecule has 1 saturated heterocycles. The fraction of sp³-hybridized carbons (Fsp3) is 0.417. The Morgan fingerprint density at radius 2 is 2.28 bits per heavy atom. The number of aromatic nitrogens is 4. The molecule has 2 aromatic rings. The molecular weight excluding hydrogens is 294 g/mol. The zero-order chi connectivity index (χ0) is 12.4. The highest BCUT2D eigenvalue weighted by Crippen LogP contribution is 2.23. The smallest absolute Gasteiger partial charge is 0.0658 e. The molecular formula is C12H14BrN5. The van der Waals surface area contributed by atoms with E-state index >= 15 is 0 Å². The van der Waals surface area contributed by atoms with Gasteiger partial charge in [0.1, 0.15) is 0 Å². The topological polar surface area (TPSA) is 46.8 Å². The highest BCUT2D eigenvalue weighted by atomic mass is 79.9. The SMILES string of the molecule is Brc1cnn(C2CCN(Cc3ccnnc3)C2)c1. The summed E-state index contributed by atoms with van der Waals surface area (Å²) in [6, 6.07) is 2.50. The summed E-state index contributed by atoms with van der Waals surface area (Å²) in [6.07, 6.45) is 8.61. The molecule has 18 heavy (non-hydrogen) atoms.